The Morgan fingerprint density at radius 2 is 1.74 bits per heavy atom. The van der Waals surface area contributed by atoms with E-state index in [0.29, 0.717) is 0 Å². The highest BCUT2D eigenvalue weighted by atomic mass is 16.5. The molecule has 0 spiro atoms. The van der Waals surface area contributed by atoms with Crippen LogP contribution in [-0.2, 0) is 6.54 Å². The second-order valence-electron chi connectivity index (χ2n) is 5.51. The molecule has 0 radical (unpaired) electrons. The number of ether oxygens (including phenoxy) is 2. The van der Waals surface area contributed by atoms with Crippen LogP contribution in [0.4, 0.5) is 0 Å². The number of fused-ring (bicyclic) bond motifs is 5. The van der Waals surface area contributed by atoms with Crippen molar-refractivity contribution >= 4 is 32.7 Å². The second-order valence-corrected chi connectivity index (χ2v) is 5.51. The van der Waals surface area contributed by atoms with Gasteiger partial charge in [-0.25, -0.2) is 4.98 Å². The van der Waals surface area contributed by atoms with Gasteiger partial charge in [-0.2, -0.15) is 0 Å². The van der Waals surface area contributed by atoms with E-state index in [1.807, 2.05) is 18.3 Å². The van der Waals surface area contributed by atoms with Crippen LogP contribution in [0.3, 0.4) is 0 Å². The highest BCUT2D eigenvalue weighted by Crippen LogP contribution is 2.38. The number of hydrogen-bond acceptors (Lipinski definition) is 3. The molecule has 4 rings (SSSR count). The summed E-state index contributed by atoms with van der Waals surface area (Å²) >= 11 is 0. The molecule has 2 heterocycles. The van der Waals surface area contributed by atoms with Crippen LogP contribution in [0.5, 0.6) is 11.5 Å². The van der Waals surface area contributed by atoms with Crippen molar-refractivity contribution in [2.45, 2.75) is 13.5 Å². The molecule has 0 bridgehead atoms. The normalized spacial score (nSPS) is 11.4. The molecule has 4 nitrogen and oxygen atoms in total. The second kappa shape index (κ2) is 5.16. The summed E-state index contributed by atoms with van der Waals surface area (Å²) in [5.74, 6) is 1.46. The zero-order valence-electron chi connectivity index (χ0n) is 13.5. The van der Waals surface area contributed by atoms with E-state index in [-0.39, 0.29) is 0 Å². The number of aromatic nitrogens is 2. The maximum absolute atomic E-state index is 5.49. The smallest absolute Gasteiger partial charge is 0.161 e. The van der Waals surface area contributed by atoms with Crippen molar-refractivity contribution in [2.24, 2.45) is 0 Å². The summed E-state index contributed by atoms with van der Waals surface area (Å²) in [4.78, 5) is 4.71. The van der Waals surface area contributed by atoms with E-state index in [9.17, 15) is 0 Å². The quantitative estimate of drug-likeness (QED) is 0.563. The number of pyridine rings is 1. The molecule has 2 aromatic carbocycles. The minimum Gasteiger partial charge on any atom is -0.493 e. The van der Waals surface area contributed by atoms with Gasteiger partial charge in [0.05, 0.1) is 19.7 Å². The lowest BCUT2D eigenvalue weighted by Gasteiger charge is -2.10. The van der Waals surface area contributed by atoms with Gasteiger partial charge in [-0.1, -0.05) is 18.2 Å². The van der Waals surface area contributed by atoms with Crippen LogP contribution in [0.15, 0.2) is 42.6 Å². The molecule has 0 fully saturated rings. The van der Waals surface area contributed by atoms with Crippen LogP contribution in [0, 0.1) is 0 Å². The fourth-order valence-electron chi connectivity index (χ4n) is 3.36. The Labute approximate surface area is 134 Å². The summed E-state index contributed by atoms with van der Waals surface area (Å²) in [6.07, 6.45) is 1.91. The van der Waals surface area contributed by atoms with Crippen LogP contribution in [0.2, 0.25) is 0 Å². The maximum Gasteiger partial charge on any atom is 0.161 e. The number of hydrogen-bond donors (Lipinski definition) is 0. The molecule has 0 unspecified atom stereocenters. The van der Waals surface area contributed by atoms with E-state index in [2.05, 4.69) is 35.8 Å². The molecule has 4 heteroatoms. The first kappa shape index (κ1) is 13.9. The summed E-state index contributed by atoms with van der Waals surface area (Å²) in [5.41, 5.74) is 2.22. The largest absolute Gasteiger partial charge is 0.493 e. The van der Waals surface area contributed by atoms with Crippen molar-refractivity contribution in [3.63, 3.8) is 0 Å². The Balaban J connectivity index is 2.24. The number of methoxy groups -OCH3 is 2. The molecule has 23 heavy (non-hydrogen) atoms. The summed E-state index contributed by atoms with van der Waals surface area (Å²) < 4.78 is 13.1. The number of rotatable bonds is 3. The van der Waals surface area contributed by atoms with E-state index in [1.54, 1.807) is 14.2 Å². The average Bonchev–Trinajstić information content (AvgIpc) is 2.94. The van der Waals surface area contributed by atoms with Crippen molar-refractivity contribution in [1.82, 2.24) is 9.55 Å². The Hall–Kier alpha value is -2.75. The molecule has 0 N–H and O–H groups in total. The van der Waals surface area contributed by atoms with Gasteiger partial charge in [0.15, 0.2) is 11.5 Å². The van der Waals surface area contributed by atoms with Gasteiger partial charge in [0.2, 0.25) is 0 Å². The first-order chi connectivity index (χ1) is 11.3. The van der Waals surface area contributed by atoms with Crippen molar-refractivity contribution < 1.29 is 9.47 Å². The fraction of sp³-hybridized carbons (Fsp3) is 0.211. The van der Waals surface area contributed by atoms with Gasteiger partial charge in [0.25, 0.3) is 0 Å². The van der Waals surface area contributed by atoms with Gasteiger partial charge in [0.1, 0.15) is 5.65 Å². The zero-order chi connectivity index (χ0) is 16.0. The third kappa shape index (κ3) is 1.88. The SMILES string of the molecule is CCn1c2ccccc2c2c3cc(OC)c(OC)cc3cnc21. The van der Waals surface area contributed by atoms with Gasteiger partial charge in [0, 0.05) is 28.9 Å². The highest BCUT2D eigenvalue weighted by molar-refractivity contribution is 6.19. The van der Waals surface area contributed by atoms with E-state index in [1.165, 1.54) is 16.3 Å². The third-order valence-electron chi connectivity index (χ3n) is 4.41. The zero-order valence-corrected chi connectivity index (χ0v) is 13.5. The minimum atomic E-state index is 0.723. The Bertz CT molecular complexity index is 1030. The van der Waals surface area contributed by atoms with Crippen LogP contribution >= 0.6 is 0 Å². The fourth-order valence-corrected chi connectivity index (χ4v) is 3.36. The number of nitrogens with zero attached hydrogens (tertiary/aromatic N) is 2. The molecule has 4 aromatic rings. The highest BCUT2D eigenvalue weighted by Gasteiger charge is 2.15. The Kier molecular flexibility index (Phi) is 3.11. The summed E-state index contributed by atoms with van der Waals surface area (Å²) in [6.45, 7) is 3.03. The van der Waals surface area contributed by atoms with Crippen molar-refractivity contribution in [2.75, 3.05) is 14.2 Å². The van der Waals surface area contributed by atoms with E-state index >= 15 is 0 Å². The van der Waals surface area contributed by atoms with Crippen LogP contribution in [-0.4, -0.2) is 23.8 Å². The average molecular weight is 306 g/mol. The van der Waals surface area contributed by atoms with Gasteiger partial charge in [-0.3, -0.25) is 0 Å². The lowest BCUT2D eigenvalue weighted by molar-refractivity contribution is 0.356. The van der Waals surface area contributed by atoms with Crippen LogP contribution in [0.25, 0.3) is 32.7 Å². The van der Waals surface area contributed by atoms with Gasteiger partial charge in [-0.05, 0) is 30.5 Å². The summed E-state index contributed by atoms with van der Waals surface area (Å²) in [6, 6.07) is 12.5. The summed E-state index contributed by atoms with van der Waals surface area (Å²) in [7, 11) is 3.32. The third-order valence-corrected chi connectivity index (χ3v) is 4.41. The topological polar surface area (TPSA) is 36.3 Å². The number of aryl methyl sites for hydroxylation is 1. The molecular weight excluding hydrogens is 288 g/mol. The lowest BCUT2D eigenvalue weighted by Crippen LogP contribution is -1.95. The van der Waals surface area contributed by atoms with E-state index in [0.717, 1.165) is 34.5 Å². The van der Waals surface area contributed by atoms with Gasteiger partial charge >= 0.3 is 0 Å². The molecule has 0 aliphatic rings. The van der Waals surface area contributed by atoms with E-state index < -0.39 is 0 Å². The molecule has 0 aliphatic heterocycles. The van der Waals surface area contributed by atoms with Crippen LogP contribution in [0.1, 0.15) is 6.92 Å². The Morgan fingerprint density at radius 3 is 2.48 bits per heavy atom. The van der Waals surface area contributed by atoms with Gasteiger partial charge in [-0.15, -0.1) is 0 Å². The van der Waals surface area contributed by atoms with E-state index in [4.69, 9.17) is 14.5 Å². The molecule has 0 amide bonds. The monoisotopic (exact) mass is 306 g/mol. The molecule has 2 aromatic heterocycles. The molecule has 0 saturated heterocycles. The molecular formula is C19H18N2O2. The minimum absolute atomic E-state index is 0.723. The van der Waals surface area contributed by atoms with Crippen molar-refractivity contribution in [1.29, 1.82) is 0 Å². The molecule has 0 aliphatic carbocycles. The molecule has 0 saturated carbocycles. The van der Waals surface area contributed by atoms with Crippen LogP contribution < -0.4 is 9.47 Å². The first-order valence-corrected chi connectivity index (χ1v) is 7.70. The van der Waals surface area contributed by atoms with Gasteiger partial charge < -0.3 is 14.0 Å². The van der Waals surface area contributed by atoms with Crippen molar-refractivity contribution in [3.8, 4) is 11.5 Å². The first-order valence-electron chi connectivity index (χ1n) is 7.70. The predicted octanol–water partition coefficient (Wildman–Crippen LogP) is 4.38. The standard InChI is InChI=1S/C19H18N2O2/c1-4-21-15-8-6-5-7-13(15)18-14-10-17(23-3)16(22-2)9-12(14)11-20-19(18)21/h5-11H,4H2,1-3H3. The van der Waals surface area contributed by atoms with Crippen molar-refractivity contribution in [3.05, 3.63) is 42.6 Å². The predicted molar refractivity (Wildman–Crippen MR) is 93.5 cm³/mol. The number of benzene rings is 2. The number of para-hydroxylation sites is 1. The Morgan fingerprint density at radius 1 is 1.00 bits per heavy atom. The maximum atomic E-state index is 5.49. The lowest BCUT2D eigenvalue weighted by atomic mass is 10.1. The molecule has 116 valence electrons. The summed E-state index contributed by atoms with van der Waals surface area (Å²) in [5, 5.41) is 4.57. The molecule has 0 atom stereocenters.